The molecule has 4 nitrogen and oxygen atoms in total. The van der Waals surface area contributed by atoms with Gasteiger partial charge in [0.2, 0.25) is 0 Å². The third kappa shape index (κ3) is 1.53. The SMILES string of the molecule is Clc1ccc2nc(-c3cnccn3)cn2c1. The first-order valence-electron chi connectivity index (χ1n) is 4.73. The molecule has 0 N–H and O–H groups in total. The van der Waals surface area contributed by atoms with Gasteiger partial charge in [-0.2, -0.15) is 0 Å². The first-order chi connectivity index (χ1) is 7.83. The molecule has 0 fully saturated rings. The van der Waals surface area contributed by atoms with Crippen LogP contribution in [0.3, 0.4) is 0 Å². The monoisotopic (exact) mass is 230 g/mol. The quantitative estimate of drug-likeness (QED) is 0.645. The van der Waals surface area contributed by atoms with Crippen LogP contribution in [0.2, 0.25) is 5.02 Å². The van der Waals surface area contributed by atoms with Gasteiger partial charge < -0.3 is 4.40 Å². The van der Waals surface area contributed by atoms with Crippen LogP contribution < -0.4 is 0 Å². The van der Waals surface area contributed by atoms with E-state index in [0.717, 1.165) is 17.0 Å². The molecule has 0 unspecified atom stereocenters. The number of hydrogen-bond donors (Lipinski definition) is 0. The Morgan fingerprint density at radius 2 is 2.00 bits per heavy atom. The fourth-order valence-electron chi connectivity index (χ4n) is 1.52. The molecular weight excluding hydrogens is 224 g/mol. The zero-order valence-corrected chi connectivity index (χ0v) is 8.96. The highest BCUT2D eigenvalue weighted by Gasteiger charge is 2.05. The summed E-state index contributed by atoms with van der Waals surface area (Å²) < 4.78 is 1.87. The topological polar surface area (TPSA) is 43.1 Å². The lowest BCUT2D eigenvalue weighted by Gasteiger charge is -1.91. The third-order valence-corrected chi connectivity index (χ3v) is 2.46. The first-order valence-corrected chi connectivity index (χ1v) is 5.11. The van der Waals surface area contributed by atoms with Gasteiger partial charge in [0.25, 0.3) is 0 Å². The summed E-state index contributed by atoms with van der Waals surface area (Å²) in [5, 5.41) is 0.676. The van der Waals surface area contributed by atoms with Crippen LogP contribution in [0.4, 0.5) is 0 Å². The van der Waals surface area contributed by atoms with Crippen molar-refractivity contribution in [3.05, 3.63) is 48.1 Å². The Balaban J connectivity index is 2.19. The van der Waals surface area contributed by atoms with E-state index in [1.807, 2.05) is 28.9 Å². The largest absolute Gasteiger partial charge is 0.305 e. The summed E-state index contributed by atoms with van der Waals surface area (Å²) in [5.74, 6) is 0. The van der Waals surface area contributed by atoms with E-state index in [2.05, 4.69) is 15.0 Å². The molecule has 78 valence electrons. The average Bonchev–Trinajstić information content (AvgIpc) is 2.73. The van der Waals surface area contributed by atoms with Crippen LogP contribution in [0.25, 0.3) is 17.0 Å². The number of aromatic nitrogens is 4. The van der Waals surface area contributed by atoms with Crippen molar-refractivity contribution in [2.24, 2.45) is 0 Å². The molecule has 0 saturated carbocycles. The molecular formula is C11H7ClN4. The fraction of sp³-hybridized carbons (Fsp3) is 0. The first kappa shape index (κ1) is 9.30. The van der Waals surface area contributed by atoms with Crippen LogP contribution in [-0.2, 0) is 0 Å². The minimum absolute atomic E-state index is 0.676. The molecule has 0 amide bonds. The second-order valence-corrected chi connectivity index (χ2v) is 3.77. The summed E-state index contributed by atoms with van der Waals surface area (Å²) in [6, 6.07) is 3.67. The van der Waals surface area contributed by atoms with Gasteiger partial charge in [-0.15, -0.1) is 0 Å². The summed E-state index contributed by atoms with van der Waals surface area (Å²) in [6.45, 7) is 0. The number of hydrogen-bond acceptors (Lipinski definition) is 3. The van der Waals surface area contributed by atoms with Crippen LogP contribution in [0.5, 0.6) is 0 Å². The van der Waals surface area contributed by atoms with Gasteiger partial charge in [-0.25, -0.2) is 4.98 Å². The molecule has 3 aromatic rings. The van der Waals surface area contributed by atoms with Crippen molar-refractivity contribution in [3.8, 4) is 11.4 Å². The molecule has 0 aliphatic rings. The maximum atomic E-state index is 5.90. The van der Waals surface area contributed by atoms with Gasteiger partial charge in [-0.3, -0.25) is 9.97 Å². The Hall–Kier alpha value is -1.94. The van der Waals surface area contributed by atoms with E-state index >= 15 is 0 Å². The van der Waals surface area contributed by atoms with E-state index in [1.165, 1.54) is 0 Å². The van der Waals surface area contributed by atoms with Gasteiger partial charge in [0.1, 0.15) is 17.0 Å². The van der Waals surface area contributed by atoms with E-state index in [9.17, 15) is 0 Å². The van der Waals surface area contributed by atoms with E-state index < -0.39 is 0 Å². The van der Waals surface area contributed by atoms with Crippen molar-refractivity contribution in [2.75, 3.05) is 0 Å². The Kier molecular flexibility index (Phi) is 2.08. The molecule has 16 heavy (non-hydrogen) atoms. The lowest BCUT2D eigenvalue weighted by atomic mass is 10.3. The van der Waals surface area contributed by atoms with E-state index in [0.29, 0.717) is 5.02 Å². The highest BCUT2D eigenvalue weighted by molar-refractivity contribution is 6.30. The Morgan fingerprint density at radius 3 is 2.81 bits per heavy atom. The predicted octanol–water partition coefficient (Wildman–Crippen LogP) is 2.44. The van der Waals surface area contributed by atoms with Crippen LogP contribution in [-0.4, -0.2) is 19.4 Å². The van der Waals surface area contributed by atoms with Crippen LogP contribution >= 0.6 is 11.6 Å². The maximum absolute atomic E-state index is 5.90. The molecule has 0 radical (unpaired) electrons. The van der Waals surface area contributed by atoms with Crippen molar-refractivity contribution >= 4 is 17.2 Å². The molecule has 3 aromatic heterocycles. The van der Waals surface area contributed by atoms with Gasteiger partial charge in [0.05, 0.1) is 11.2 Å². The van der Waals surface area contributed by atoms with Crippen LogP contribution in [0, 0.1) is 0 Å². The standard InChI is InChI=1S/C11H7ClN4/c12-8-1-2-11-15-10(7-16(11)6-8)9-5-13-3-4-14-9/h1-7H. The van der Waals surface area contributed by atoms with Crippen molar-refractivity contribution in [2.45, 2.75) is 0 Å². The minimum atomic E-state index is 0.676. The molecule has 0 saturated heterocycles. The van der Waals surface area contributed by atoms with E-state index in [-0.39, 0.29) is 0 Å². The van der Waals surface area contributed by atoms with Crippen LogP contribution in [0.15, 0.2) is 43.1 Å². The van der Waals surface area contributed by atoms with Gasteiger partial charge in [0.15, 0.2) is 0 Å². The number of rotatable bonds is 1. The normalized spacial score (nSPS) is 10.8. The van der Waals surface area contributed by atoms with E-state index in [1.54, 1.807) is 18.6 Å². The zero-order chi connectivity index (χ0) is 11.0. The Morgan fingerprint density at radius 1 is 1.06 bits per heavy atom. The lowest BCUT2D eigenvalue weighted by molar-refractivity contribution is 1.18. The summed E-state index contributed by atoms with van der Waals surface area (Å²) >= 11 is 5.90. The number of nitrogens with zero attached hydrogens (tertiary/aromatic N) is 4. The molecule has 3 heterocycles. The lowest BCUT2D eigenvalue weighted by Crippen LogP contribution is -1.82. The second-order valence-electron chi connectivity index (χ2n) is 3.33. The van der Waals surface area contributed by atoms with Gasteiger partial charge in [-0.05, 0) is 12.1 Å². The number of pyridine rings is 1. The Bertz CT molecular complexity index is 633. The van der Waals surface area contributed by atoms with Crippen molar-refractivity contribution in [1.82, 2.24) is 19.4 Å². The molecule has 0 atom stereocenters. The second kappa shape index (κ2) is 3.57. The summed E-state index contributed by atoms with van der Waals surface area (Å²) in [4.78, 5) is 12.6. The summed E-state index contributed by atoms with van der Waals surface area (Å²) in [5.41, 5.74) is 2.38. The number of halogens is 1. The average molecular weight is 231 g/mol. The summed E-state index contributed by atoms with van der Waals surface area (Å²) in [6.07, 6.45) is 8.65. The van der Waals surface area contributed by atoms with Gasteiger partial charge >= 0.3 is 0 Å². The van der Waals surface area contributed by atoms with Gasteiger partial charge in [-0.1, -0.05) is 11.6 Å². The predicted molar refractivity (Wildman–Crippen MR) is 61.2 cm³/mol. The summed E-state index contributed by atoms with van der Waals surface area (Å²) in [7, 11) is 0. The fourth-order valence-corrected chi connectivity index (χ4v) is 1.69. The smallest absolute Gasteiger partial charge is 0.137 e. The number of imidazole rings is 1. The number of fused-ring (bicyclic) bond motifs is 1. The molecule has 0 spiro atoms. The van der Waals surface area contributed by atoms with Gasteiger partial charge in [0, 0.05) is 24.8 Å². The van der Waals surface area contributed by atoms with Crippen molar-refractivity contribution < 1.29 is 0 Å². The Labute approximate surface area is 96.6 Å². The van der Waals surface area contributed by atoms with Crippen molar-refractivity contribution in [1.29, 1.82) is 0 Å². The minimum Gasteiger partial charge on any atom is -0.305 e. The zero-order valence-electron chi connectivity index (χ0n) is 8.21. The third-order valence-electron chi connectivity index (χ3n) is 2.24. The molecule has 3 rings (SSSR count). The molecule has 0 aliphatic carbocycles. The van der Waals surface area contributed by atoms with Crippen LogP contribution in [0.1, 0.15) is 0 Å². The molecule has 5 heteroatoms. The highest BCUT2D eigenvalue weighted by atomic mass is 35.5. The molecule has 0 bridgehead atoms. The molecule has 0 aliphatic heterocycles. The van der Waals surface area contributed by atoms with Crippen molar-refractivity contribution in [3.63, 3.8) is 0 Å². The highest BCUT2D eigenvalue weighted by Crippen LogP contribution is 2.17. The maximum Gasteiger partial charge on any atom is 0.137 e. The molecule has 0 aromatic carbocycles. The van der Waals surface area contributed by atoms with E-state index in [4.69, 9.17) is 11.6 Å².